The molecule has 1 aromatic carbocycles. The van der Waals surface area contributed by atoms with Crippen LogP contribution in [0.15, 0.2) is 30.3 Å². The van der Waals surface area contributed by atoms with Crippen molar-refractivity contribution in [3.63, 3.8) is 0 Å². The summed E-state index contributed by atoms with van der Waals surface area (Å²) in [4.78, 5) is 45.1. The first-order valence-corrected chi connectivity index (χ1v) is 13.4. The van der Waals surface area contributed by atoms with Crippen LogP contribution in [0.25, 0.3) is 0 Å². The number of aliphatic hydroxyl groups excluding tert-OH is 1. The zero-order valence-electron chi connectivity index (χ0n) is 21.7. The molecule has 37 heavy (non-hydrogen) atoms. The highest BCUT2D eigenvalue weighted by molar-refractivity contribution is 5.99. The van der Waals surface area contributed by atoms with Gasteiger partial charge < -0.3 is 30.1 Å². The zero-order valence-corrected chi connectivity index (χ0v) is 21.7. The molecule has 3 N–H and O–H groups in total. The molecule has 4 heterocycles. The average Bonchev–Trinajstić information content (AvgIpc) is 3.54. The fourth-order valence-electron chi connectivity index (χ4n) is 7.13. The highest BCUT2D eigenvalue weighted by Gasteiger charge is 2.79. The van der Waals surface area contributed by atoms with Gasteiger partial charge in [0.1, 0.15) is 11.6 Å². The molecule has 4 aliphatic rings. The summed E-state index contributed by atoms with van der Waals surface area (Å²) in [7, 11) is 1.57. The van der Waals surface area contributed by atoms with Crippen molar-refractivity contribution in [2.24, 2.45) is 11.8 Å². The number of hydrogen-bond donors (Lipinski definition) is 3. The maximum Gasteiger partial charge on any atom is 0.245 e. The molecule has 5 rings (SSSR count). The molecule has 4 aliphatic heterocycles. The van der Waals surface area contributed by atoms with Crippen LogP contribution in [0.4, 0.5) is 0 Å². The molecule has 4 fully saturated rings. The van der Waals surface area contributed by atoms with Crippen molar-refractivity contribution in [3.8, 4) is 0 Å². The molecular formula is C27H38N4O6. The highest BCUT2D eigenvalue weighted by atomic mass is 16.5. The van der Waals surface area contributed by atoms with Gasteiger partial charge in [-0.3, -0.25) is 19.3 Å². The van der Waals surface area contributed by atoms with Gasteiger partial charge in [0.15, 0.2) is 0 Å². The minimum Gasteiger partial charge on any atom is -0.394 e. The SMILES string of the molecule is CC[C@@]12CCC3(O1)C(C(=O)NCCN1CCOCC1)N([C@H](CO)c1ccccc1)C(=O)[C@@H]3[C@@H]2C(=O)NC. The average molecular weight is 515 g/mol. The van der Waals surface area contributed by atoms with Gasteiger partial charge >= 0.3 is 0 Å². The van der Waals surface area contributed by atoms with E-state index in [1.54, 1.807) is 7.05 Å². The summed E-state index contributed by atoms with van der Waals surface area (Å²) in [6.07, 6.45) is 1.69. The van der Waals surface area contributed by atoms with Crippen molar-refractivity contribution >= 4 is 17.7 Å². The molecule has 6 atom stereocenters. The Hall–Kier alpha value is -2.53. The standard InChI is InChI=1S/C27H38N4O6/c1-3-26-9-10-27(37-26)21(20(26)23(33)28-2)25(35)31(19(17-32)18-7-5-4-6-8-18)22(27)24(34)29-11-12-30-13-15-36-16-14-30/h4-8,19-22,32H,3,9-17H2,1-2H3,(H,28,33)(H,29,34)/t19-,20-,21+,22?,26+,27?/m1/s1. The first-order valence-electron chi connectivity index (χ1n) is 13.4. The van der Waals surface area contributed by atoms with Crippen LogP contribution in [0.3, 0.4) is 0 Å². The molecule has 3 amide bonds. The van der Waals surface area contributed by atoms with E-state index in [0.717, 1.165) is 18.7 Å². The number of carbonyl (C=O) groups is 3. The van der Waals surface area contributed by atoms with Crippen molar-refractivity contribution in [3.05, 3.63) is 35.9 Å². The summed E-state index contributed by atoms with van der Waals surface area (Å²) < 4.78 is 12.1. The van der Waals surface area contributed by atoms with Crippen molar-refractivity contribution in [1.82, 2.24) is 20.4 Å². The van der Waals surface area contributed by atoms with Crippen LogP contribution in [0.5, 0.6) is 0 Å². The number of rotatable bonds is 9. The number of ether oxygens (including phenoxy) is 2. The van der Waals surface area contributed by atoms with Gasteiger partial charge in [0.05, 0.1) is 43.3 Å². The Bertz CT molecular complexity index is 1020. The number of aliphatic hydroxyl groups is 1. The largest absolute Gasteiger partial charge is 0.394 e. The first kappa shape index (κ1) is 26.1. The second-order valence-corrected chi connectivity index (χ2v) is 10.5. The van der Waals surface area contributed by atoms with Gasteiger partial charge in [-0.2, -0.15) is 0 Å². The Morgan fingerprint density at radius 3 is 2.54 bits per heavy atom. The number of amides is 3. The van der Waals surface area contributed by atoms with Crippen molar-refractivity contribution in [2.45, 2.75) is 49.5 Å². The summed E-state index contributed by atoms with van der Waals surface area (Å²) >= 11 is 0. The minimum absolute atomic E-state index is 0.240. The third kappa shape index (κ3) is 4.14. The number of benzene rings is 1. The molecule has 2 unspecified atom stereocenters. The number of carbonyl (C=O) groups excluding carboxylic acids is 3. The van der Waals surface area contributed by atoms with E-state index in [0.29, 0.717) is 45.6 Å². The Balaban J connectivity index is 1.49. The van der Waals surface area contributed by atoms with Crippen LogP contribution in [-0.2, 0) is 23.9 Å². The monoisotopic (exact) mass is 514 g/mol. The lowest BCUT2D eigenvalue weighted by atomic mass is 9.65. The van der Waals surface area contributed by atoms with Gasteiger partial charge in [-0.05, 0) is 24.8 Å². The van der Waals surface area contributed by atoms with Crippen LogP contribution in [0.2, 0.25) is 0 Å². The Morgan fingerprint density at radius 2 is 1.89 bits per heavy atom. The predicted octanol–water partition coefficient (Wildman–Crippen LogP) is 0.0692. The lowest BCUT2D eigenvalue weighted by Gasteiger charge is -2.37. The number of fused-ring (bicyclic) bond motifs is 1. The number of nitrogens with zero attached hydrogens (tertiary/aromatic N) is 2. The Morgan fingerprint density at radius 1 is 1.16 bits per heavy atom. The molecule has 2 bridgehead atoms. The van der Waals surface area contributed by atoms with Crippen LogP contribution in [0, 0.1) is 11.8 Å². The normalized spacial score (nSPS) is 33.9. The van der Waals surface area contributed by atoms with E-state index in [4.69, 9.17) is 9.47 Å². The van der Waals surface area contributed by atoms with E-state index in [2.05, 4.69) is 15.5 Å². The van der Waals surface area contributed by atoms with Gasteiger partial charge in [0.25, 0.3) is 0 Å². The van der Waals surface area contributed by atoms with E-state index in [-0.39, 0.29) is 24.3 Å². The van der Waals surface area contributed by atoms with Crippen LogP contribution >= 0.6 is 0 Å². The van der Waals surface area contributed by atoms with Gasteiger partial charge in [-0.1, -0.05) is 37.3 Å². The molecule has 0 saturated carbocycles. The van der Waals surface area contributed by atoms with Crippen LogP contribution < -0.4 is 10.6 Å². The number of likely N-dealkylation sites (tertiary alicyclic amines) is 1. The quantitative estimate of drug-likeness (QED) is 0.427. The van der Waals surface area contributed by atoms with Gasteiger partial charge in [0, 0.05) is 33.2 Å². The maximum atomic E-state index is 14.2. The lowest BCUT2D eigenvalue weighted by molar-refractivity contribution is -0.151. The first-order chi connectivity index (χ1) is 17.9. The summed E-state index contributed by atoms with van der Waals surface area (Å²) in [5.41, 5.74) is -1.16. The summed E-state index contributed by atoms with van der Waals surface area (Å²) in [5.74, 6) is -2.32. The van der Waals surface area contributed by atoms with Gasteiger partial charge in [-0.15, -0.1) is 0 Å². The maximum absolute atomic E-state index is 14.2. The van der Waals surface area contributed by atoms with E-state index in [9.17, 15) is 19.5 Å². The van der Waals surface area contributed by atoms with Crippen LogP contribution in [0.1, 0.15) is 37.8 Å². The predicted molar refractivity (Wildman–Crippen MR) is 134 cm³/mol. The molecule has 0 radical (unpaired) electrons. The third-order valence-corrected chi connectivity index (χ3v) is 8.92. The fraction of sp³-hybridized carbons (Fsp3) is 0.667. The van der Waals surface area contributed by atoms with Gasteiger partial charge in [-0.25, -0.2) is 0 Å². The molecule has 1 spiro atoms. The molecule has 0 aromatic heterocycles. The summed E-state index contributed by atoms with van der Waals surface area (Å²) in [6.45, 7) is 5.69. The van der Waals surface area contributed by atoms with Crippen molar-refractivity contribution in [2.75, 3.05) is 53.0 Å². The molecule has 1 aromatic rings. The fourth-order valence-corrected chi connectivity index (χ4v) is 7.13. The molecule has 10 nitrogen and oxygen atoms in total. The zero-order chi connectivity index (χ0) is 26.2. The highest BCUT2D eigenvalue weighted by Crippen LogP contribution is 2.65. The third-order valence-electron chi connectivity index (χ3n) is 8.92. The minimum atomic E-state index is -1.12. The number of hydrogen-bond acceptors (Lipinski definition) is 7. The molecular weight excluding hydrogens is 476 g/mol. The summed E-state index contributed by atoms with van der Waals surface area (Å²) in [6, 6.07) is 7.56. The summed E-state index contributed by atoms with van der Waals surface area (Å²) in [5, 5.41) is 16.3. The second-order valence-electron chi connectivity index (χ2n) is 10.5. The molecule has 202 valence electrons. The number of morpholine rings is 1. The second kappa shape index (κ2) is 10.3. The van der Waals surface area contributed by atoms with E-state index < -0.39 is 35.1 Å². The Labute approximate surface area is 217 Å². The van der Waals surface area contributed by atoms with E-state index in [1.807, 2.05) is 37.3 Å². The van der Waals surface area contributed by atoms with E-state index >= 15 is 0 Å². The van der Waals surface area contributed by atoms with E-state index in [1.165, 1.54) is 4.90 Å². The van der Waals surface area contributed by atoms with Crippen molar-refractivity contribution < 1.29 is 29.0 Å². The smallest absolute Gasteiger partial charge is 0.245 e. The van der Waals surface area contributed by atoms with Crippen molar-refractivity contribution in [1.29, 1.82) is 0 Å². The number of nitrogens with one attached hydrogen (secondary N) is 2. The molecule has 10 heteroatoms. The lowest BCUT2D eigenvalue weighted by Crippen LogP contribution is -2.57. The van der Waals surface area contributed by atoms with Crippen LogP contribution in [-0.4, -0.2) is 103 Å². The topological polar surface area (TPSA) is 120 Å². The van der Waals surface area contributed by atoms with Gasteiger partial charge in [0.2, 0.25) is 17.7 Å². The Kier molecular flexibility index (Phi) is 7.28. The molecule has 0 aliphatic carbocycles. The molecule has 4 saturated heterocycles.